The van der Waals surface area contributed by atoms with Crippen LogP contribution in [0.15, 0.2) is 18.2 Å². The molecule has 5 heteroatoms. The number of hydrogen-bond acceptors (Lipinski definition) is 4. The van der Waals surface area contributed by atoms with Gasteiger partial charge in [0.15, 0.2) is 11.5 Å². The van der Waals surface area contributed by atoms with Crippen LogP contribution in [0.3, 0.4) is 0 Å². The summed E-state index contributed by atoms with van der Waals surface area (Å²) in [5.41, 5.74) is 1.14. The highest BCUT2D eigenvalue weighted by Gasteiger charge is 2.07. The molecule has 0 bridgehead atoms. The number of hydrogen-bond donors (Lipinski definition) is 2. The molecule has 1 amide bonds. The molecular weight excluding hydrogens is 268 g/mol. The van der Waals surface area contributed by atoms with E-state index in [-0.39, 0.29) is 5.91 Å². The van der Waals surface area contributed by atoms with E-state index >= 15 is 0 Å². The van der Waals surface area contributed by atoms with E-state index in [1.165, 1.54) is 0 Å². The standard InChI is InChI=1S/C16H26N2O3/c1-4-9-17-12-13-6-7-14(20-3)15(11-13)21-10-8-16(19)18-5-2/h6-7,11,17H,4-5,8-10,12H2,1-3H3,(H,18,19). The zero-order chi connectivity index (χ0) is 15.5. The first kappa shape index (κ1) is 17.3. The molecule has 0 unspecified atom stereocenters. The van der Waals surface area contributed by atoms with Crippen molar-refractivity contribution in [1.29, 1.82) is 0 Å². The summed E-state index contributed by atoms with van der Waals surface area (Å²) in [5.74, 6) is 1.36. The Labute approximate surface area is 127 Å². The molecule has 0 saturated carbocycles. The van der Waals surface area contributed by atoms with Crippen LogP contribution in [0.5, 0.6) is 11.5 Å². The normalized spacial score (nSPS) is 10.2. The lowest BCUT2D eigenvalue weighted by atomic mass is 10.2. The molecule has 2 N–H and O–H groups in total. The zero-order valence-corrected chi connectivity index (χ0v) is 13.2. The SMILES string of the molecule is CCCNCc1ccc(OC)c(OCCC(=O)NCC)c1. The largest absolute Gasteiger partial charge is 0.493 e. The highest BCUT2D eigenvalue weighted by molar-refractivity contribution is 5.75. The molecule has 1 aromatic rings. The molecule has 0 spiro atoms. The van der Waals surface area contributed by atoms with Gasteiger partial charge in [-0.05, 0) is 37.6 Å². The highest BCUT2D eigenvalue weighted by atomic mass is 16.5. The first-order chi connectivity index (χ1) is 10.2. The molecule has 1 rings (SSSR count). The summed E-state index contributed by atoms with van der Waals surface area (Å²) in [6.45, 7) is 6.80. The van der Waals surface area contributed by atoms with Crippen LogP contribution in [0.25, 0.3) is 0 Å². The van der Waals surface area contributed by atoms with E-state index < -0.39 is 0 Å². The summed E-state index contributed by atoms with van der Waals surface area (Å²) in [7, 11) is 1.61. The number of methoxy groups -OCH3 is 1. The molecule has 0 aliphatic heterocycles. The Morgan fingerprint density at radius 1 is 1.24 bits per heavy atom. The van der Waals surface area contributed by atoms with E-state index in [1.807, 2.05) is 25.1 Å². The molecule has 21 heavy (non-hydrogen) atoms. The number of carbonyl (C=O) groups excluding carboxylic acids is 1. The molecule has 0 aliphatic carbocycles. The lowest BCUT2D eigenvalue weighted by Gasteiger charge is -2.12. The van der Waals surface area contributed by atoms with Crippen LogP contribution in [-0.4, -0.2) is 32.7 Å². The number of nitrogens with one attached hydrogen (secondary N) is 2. The number of ether oxygens (including phenoxy) is 2. The molecule has 0 fully saturated rings. The minimum Gasteiger partial charge on any atom is -0.493 e. The summed E-state index contributed by atoms with van der Waals surface area (Å²) < 4.78 is 11.0. The van der Waals surface area contributed by atoms with Crippen molar-refractivity contribution in [3.8, 4) is 11.5 Å². The minimum absolute atomic E-state index is 0.00256. The first-order valence-corrected chi connectivity index (χ1v) is 7.48. The molecule has 0 aliphatic rings. The van der Waals surface area contributed by atoms with E-state index in [1.54, 1.807) is 7.11 Å². The van der Waals surface area contributed by atoms with Crippen molar-refractivity contribution in [3.63, 3.8) is 0 Å². The average Bonchev–Trinajstić information content (AvgIpc) is 2.48. The Morgan fingerprint density at radius 3 is 2.71 bits per heavy atom. The minimum atomic E-state index is -0.00256. The number of benzene rings is 1. The Morgan fingerprint density at radius 2 is 2.05 bits per heavy atom. The lowest BCUT2D eigenvalue weighted by Crippen LogP contribution is -2.24. The summed E-state index contributed by atoms with van der Waals surface area (Å²) >= 11 is 0. The smallest absolute Gasteiger partial charge is 0.223 e. The third kappa shape index (κ3) is 6.49. The number of carbonyl (C=O) groups is 1. The fourth-order valence-electron chi connectivity index (χ4n) is 1.89. The van der Waals surface area contributed by atoms with Crippen LogP contribution < -0.4 is 20.1 Å². The van der Waals surface area contributed by atoms with Gasteiger partial charge in [0, 0.05) is 13.1 Å². The second-order valence-electron chi connectivity index (χ2n) is 4.71. The van der Waals surface area contributed by atoms with Crippen molar-refractivity contribution in [2.45, 2.75) is 33.2 Å². The Bertz CT molecular complexity index is 436. The molecule has 5 nitrogen and oxygen atoms in total. The van der Waals surface area contributed by atoms with Crippen molar-refractivity contribution in [2.75, 3.05) is 26.8 Å². The third-order valence-corrected chi connectivity index (χ3v) is 2.94. The third-order valence-electron chi connectivity index (χ3n) is 2.94. The first-order valence-electron chi connectivity index (χ1n) is 7.48. The summed E-state index contributed by atoms with van der Waals surface area (Å²) in [6, 6.07) is 5.86. The summed E-state index contributed by atoms with van der Waals surface area (Å²) in [5, 5.41) is 6.09. The highest BCUT2D eigenvalue weighted by Crippen LogP contribution is 2.28. The second-order valence-corrected chi connectivity index (χ2v) is 4.71. The molecule has 0 aromatic heterocycles. The fraction of sp³-hybridized carbons (Fsp3) is 0.562. The lowest BCUT2D eigenvalue weighted by molar-refractivity contribution is -0.121. The van der Waals surface area contributed by atoms with Crippen LogP contribution in [0.4, 0.5) is 0 Å². The van der Waals surface area contributed by atoms with Crippen molar-refractivity contribution >= 4 is 5.91 Å². The maximum absolute atomic E-state index is 11.4. The molecule has 0 radical (unpaired) electrons. The maximum atomic E-state index is 11.4. The van der Waals surface area contributed by atoms with Gasteiger partial charge in [0.05, 0.1) is 20.1 Å². The van der Waals surface area contributed by atoms with Crippen LogP contribution >= 0.6 is 0 Å². The quantitative estimate of drug-likeness (QED) is 0.649. The van der Waals surface area contributed by atoms with Gasteiger partial charge in [-0.25, -0.2) is 0 Å². The maximum Gasteiger partial charge on any atom is 0.223 e. The summed E-state index contributed by atoms with van der Waals surface area (Å²) in [6.07, 6.45) is 1.45. The Kier molecular flexibility index (Phi) is 8.28. The zero-order valence-electron chi connectivity index (χ0n) is 13.2. The predicted octanol–water partition coefficient (Wildman–Crippen LogP) is 2.10. The van der Waals surface area contributed by atoms with Crippen molar-refractivity contribution < 1.29 is 14.3 Å². The van der Waals surface area contributed by atoms with Gasteiger partial charge in [-0.3, -0.25) is 4.79 Å². The Hall–Kier alpha value is -1.75. The van der Waals surface area contributed by atoms with E-state index in [2.05, 4.69) is 17.6 Å². The van der Waals surface area contributed by atoms with Crippen LogP contribution in [0.2, 0.25) is 0 Å². The molecule has 0 saturated heterocycles. The van der Waals surface area contributed by atoms with Gasteiger partial charge in [0.25, 0.3) is 0 Å². The molecular formula is C16H26N2O3. The van der Waals surface area contributed by atoms with Gasteiger partial charge >= 0.3 is 0 Å². The van der Waals surface area contributed by atoms with E-state index in [0.717, 1.165) is 25.1 Å². The predicted molar refractivity (Wildman–Crippen MR) is 83.8 cm³/mol. The van der Waals surface area contributed by atoms with Crippen LogP contribution in [-0.2, 0) is 11.3 Å². The van der Waals surface area contributed by atoms with Gasteiger partial charge in [-0.1, -0.05) is 13.0 Å². The van der Waals surface area contributed by atoms with Crippen molar-refractivity contribution in [1.82, 2.24) is 10.6 Å². The van der Waals surface area contributed by atoms with Gasteiger partial charge in [-0.2, -0.15) is 0 Å². The van der Waals surface area contributed by atoms with Gasteiger partial charge < -0.3 is 20.1 Å². The van der Waals surface area contributed by atoms with E-state index in [4.69, 9.17) is 9.47 Å². The molecule has 0 atom stereocenters. The topological polar surface area (TPSA) is 59.6 Å². The van der Waals surface area contributed by atoms with Crippen LogP contribution in [0.1, 0.15) is 32.3 Å². The average molecular weight is 294 g/mol. The monoisotopic (exact) mass is 294 g/mol. The Balaban J connectivity index is 2.56. The number of rotatable bonds is 10. The second kappa shape index (κ2) is 10.0. The van der Waals surface area contributed by atoms with Gasteiger partial charge in [0.1, 0.15) is 0 Å². The van der Waals surface area contributed by atoms with Crippen molar-refractivity contribution in [3.05, 3.63) is 23.8 Å². The fourth-order valence-corrected chi connectivity index (χ4v) is 1.89. The van der Waals surface area contributed by atoms with E-state index in [9.17, 15) is 4.79 Å². The van der Waals surface area contributed by atoms with Gasteiger partial charge in [0.2, 0.25) is 5.91 Å². The van der Waals surface area contributed by atoms with Crippen LogP contribution in [0, 0.1) is 0 Å². The molecule has 1 aromatic carbocycles. The molecule has 0 heterocycles. The van der Waals surface area contributed by atoms with E-state index in [0.29, 0.717) is 31.1 Å². The number of amides is 1. The molecule has 118 valence electrons. The van der Waals surface area contributed by atoms with Crippen molar-refractivity contribution in [2.24, 2.45) is 0 Å². The summed E-state index contributed by atoms with van der Waals surface area (Å²) in [4.78, 5) is 11.4. The van der Waals surface area contributed by atoms with Gasteiger partial charge in [-0.15, -0.1) is 0 Å².